The van der Waals surface area contributed by atoms with E-state index in [1.54, 1.807) is 12.3 Å². The normalized spacial score (nSPS) is 12.9. The zero-order valence-corrected chi connectivity index (χ0v) is 8.27. The minimum atomic E-state index is -0.977. The summed E-state index contributed by atoms with van der Waals surface area (Å²) in [4.78, 5) is 14.5. The molecule has 14 heavy (non-hydrogen) atoms. The predicted molar refractivity (Wildman–Crippen MR) is 53.0 cm³/mol. The van der Waals surface area contributed by atoms with E-state index in [0.29, 0.717) is 0 Å². The van der Waals surface area contributed by atoms with Gasteiger partial charge in [0.25, 0.3) is 0 Å². The van der Waals surface area contributed by atoms with Crippen molar-refractivity contribution in [2.45, 2.75) is 19.9 Å². The first-order valence-electron chi connectivity index (χ1n) is 4.46. The molecule has 0 saturated carbocycles. The highest BCUT2D eigenvalue weighted by atomic mass is 16.4. The van der Waals surface area contributed by atoms with Gasteiger partial charge in [-0.2, -0.15) is 0 Å². The number of rotatable bonds is 3. The van der Waals surface area contributed by atoms with E-state index in [-0.39, 0.29) is 17.5 Å². The molecule has 0 aliphatic carbocycles. The summed E-state index contributed by atoms with van der Waals surface area (Å²) >= 11 is 0. The Labute approximate surface area is 82.8 Å². The zero-order chi connectivity index (χ0) is 10.7. The summed E-state index contributed by atoms with van der Waals surface area (Å²) in [5.74, 6) is -0.712. The highest BCUT2D eigenvalue weighted by molar-refractivity contribution is 5.87. The molecule has 4 nitrogen and oxygen atoms in total. The standard InChI is InChI=1S/C10H14N2O2/c1-6(2)9(11)7-3-8(10(13)14)5-12-4-7/h3-6,9H,11H2,1-2H3,(H,13,14). The third kappa shape index (κ3) is 2.29. The molecule has 1 atom stereocenters. The lowest BCUT2D eigenvalue weighted by Crippen LogP contribution is -2.17. The van der Waals surface area contributed by atoms with Crippen molar-refractivity contribution in [3.63, 3.8) is 0 Å². The van der Waals surface area contributed by atoms with Gasteiger partial charge in [0, 0.05) is 18.4 Å². The molecule has 0 aliphatic rings. The summed E-state index contributed by atoms with van der Waals surface area (Å²) in [6.07, 6.45) is 2.93. The molecule has 0 radical (unpaired) electrons. The molecule has 0 bridgehead atoms. The van der Waals surface area contributed by atoms with Crippen LogP contribution in [0.1, 0.15) is 35.8 Å². The second kappa shape index (κ2) is 4.19. The van der Waals surface area contributed by atoms with Crippen LogP contribution in [0.15, 0.2) is 18.5 Å². The Balaban J connectivity index is 2.99. The highest BCUT2D eigenvalue weighted by Gasteiger charge is 2.12. The summed E-state index contributed by atoms with van der Waals surface area (Å²) in [6, 6.07) is 1.40. The van der Waals surface area contributed by atoms with Crippen LogP contribution in [0.5, 0.6) is 0 Å². The van der Waals surface area contributed by atoms with Gasteiger partial charge in [0.2, 0.25) is 0 Å². The number of nitrogens with zero attached hydrogens (tertiary/aromatic N) is 1. The quantitative estimate of drug-likeness (QED) is 0.763. The minimum Gasteiger partial charge on any atom is -0.478 e. The van der Waals surface area contributed by atoms with E-state index in [1.165, 1.54) is 6.20 Å². The van der Waals surface area contributed by atoms with Crippen molar-refractivity contribution in [3.05, 3.63) is 29.6 Å². The van der Waals surface area contributed by atoms with Crippen molar-refractivity contribution in [2.24, 2.45) is 11.7 Å². The second-order valence-corrected chi connectivity index (χ2v) is 3.58. The molecular weight excluding hydrogens is 180 g/mol. The first-order chi connectivity index (χ1) is 6.52. The summed E-state index contributed by atoms with van der Waals surface area (Å²) in [7, 11) is 0. The number of carboxylic acid groups (broad SMARTS) is 1. The molecule has 0 saturated heterocycles. The Kier molecular flexibility index (Phi) is 3.19. The maximum Gasteiger partial charge on any atom is 0.337 e. The largest absolute Gasteiger partial charge is 0.478 e. The van der Waals surface area contributed by atoms with Crippen LogP contribution in [0.2, 0.25) is 0 Å². The van der Waals surface area contributed by atoms with Crippen LogP contribution in [-0.4, -0.2) is 16.1 Å². The van der Waals surface area contributed by atoms with Gasteiger partial charge in [-0.3, -0.25) is 4.98 Å². The first kappa shape index (κ1) is 10.7. The molecule has 0 fully saturated rings. The van der Waals surface area contributed by atoms with Crippen LogP contribution in [-0.2, 0) is 0 Å². The number of nitrogens with two attached hydrogens (primary N) is 1. The number of aromatic nitrogens is 1. The molecule has 0 spiro atoms. The Morgan fingerprint density at radius 2 is 2.14 bits per heavy atom. The SMILES string of the molecule is CC(C)C(N)c1cncc(C(=O)O)c1. The fourth-order valence-corrected chi connectivity index (χ4v) is 1.14. The van der Waals surface area contributed by atoms with Crippen molar-refractivity contribution in [2.75, 3.05) is 0 Å². The smallest absolute Gasteiger partial charge is 0.337 e. The molecule has 3 N–H and O–H groups in total. The third-order valence-electron chi connectivity index (χ3n) is 2.11. The second-order valence-electron chi connectivity index (χ2n) is 3.58. The predicted octanol–water partition coefficient (Wildman–Crippen LogP) is 1.44. The van der Waals surface area contributed by atoms with Gasteiger partial charge in [-0.25, -0.2) is 4.79 Å². The third-order valence-corrected chi connectivity index (χ3v) is 2.11. The van der Waals surface area contributed by atoms with E-state index >= 15 is 0 Å². The Hall–Kier alpha value is -1.42. The number of carboxylic acids is 1. The van der Waals surface area contributed by atoms with Gasteiger partial charge in [-0.15, -0.1) is 0 Å². The fourth-order valence-electron chi connectivity index (χ4n) is 1.14. The molecule has 4 heteroatoms. The molecule has 1 unspecified atom stereocenters. The van der Waals surface area contributed by atoms with Crippen molar-refractivity contribution < 1.29 is 9.90 Å². The molecular formula is C10H14N2O2. The van der Waals surface area contributed by atoms with Gasteiger partial charge in [0.1, 0.15) is 0 Å². The average molecular weight is 194 g/mol. The van der Waals surface area contributed by atoms with Crippen molar-refractivity contribution in [1.82, 2.24) is 4.98 Å². The Bertz CT molecular complexity index is 337. The number of aromatic carboxylic acids is 1. The van der Waals surface area contributed by atoms with Gasteiger partial charge in [-0.1, -0.05) is 13.8 Å². The number of hydrogen-bond acceptors (Lipinski definition) is 3. The summed E-state index contributed by atoms with van der Waals surface area (Å²) < 4.78 is 0. The molecule has 0 aromatic carbocycles. The van der Waals surface area contributed by atoms with Crippen LogP contribution in [0.25, 0.3) is 0 Å². The average Bonchev–Trinajstić information content (AvgIpc) is 2.16. The summed E-state index contributed by atoms with van der Waals surface area (Å²) in [6.45, 7) is 3.97. The molecule has 1 aromatic rings. The maximum absolute atomic E-state index is 10.7. The highest BCUT2D eigenvalue weighted by Crippen LogP contribution is 2.18. The van der Waals surface area contributed by atoms with Crippen molar-refractivity contribution >= 4 is 5.97 Å². The minimum absolute atomic E-state index is 0.165. The lowest BCUT2D eigenvalue weighted by atomic mass is 9.98. The van der Waals surface area contributed by atoms with E-state index < -0.39 is 5.97 Å². The molecule has 1 rings (SSSR count). The van der Waals surface area contributed by atoms with Crippen LogP contribution >= 0.6 is 0 Å². The summed E-state index contributed by atoms with van der Waals surface area (Å²) in [5.41, 5.74) is 6.82. The summed E-state index contributed by atoms with van der Waals surface area (Å²) in [5, 5.41) is 8.75. The van der Waals surface area contributed by atoms with E-state index in [0.717, 1.165) is 5.56 Å². The maximum atomic E-state index is 10.7. The Morgan fingerprint density at radius 3 is 2.64 bits per heavy atom. The Morgan fingerprint density at radius 1 is 1.50 bits per heavy atom. The molecule has 1 aromatic heterocycles. The van der Waals surface area contributed by atoms with Gasteiger partial charge >= 0.3 is 5.97 Å². The monoisotopic (exact) mass is 194 g/mol. The van der Waals surface area contributed by atoms with Crippen molar-refractivity contribution in [3.8, 4) is 0 Å². The van der Waals surface area contributed by atoms with Gasteiger partial charge in [-0.05, 0) is 17.5 Å². The van der Waals surface area contributed by atoms with Gasteiger partial charge in [0.15, 0.2) is 0 Å². The molecule has 76 valence electrons. The van der Waals surface area contributed by atoms with E-state index in [1.807, 2.05) is 13.8 Å². The van der Waals surface area contributed by atoms with Crippen LogP contribution < -0.4 is 5.73 Å². The van der Waals surface area contributed by atoms with E-state index in [4.69, 9.17) is 10.8 Å². The molecule has 0 aliphatic heterocycles. The van der Waals surface area contributed by atoms with Crippen LogP contribution in [0.3, 0.4) is 0 Å². The van der Waals surface area contributed by atoms with Crippen molar-refractivity contribution in [1.29, 1.82) is 0 Å². The van der Waals surface area contributed by atoms with Gasteiger partial charge < -0.3 is 10.8 Å². The van der Waals surface area contributed by atoms with Gasteiger partial charge in [0.05, 0.1) is 5.56 Å². The molecule has 0 amide bonds. The van der Waals surface area contributed by atoms with E-state index in [2.05, 4.69) is 4.98 Å². The first-order valence-corrected chi connectivity index (χ1v) is 4.46. The topological polar surface area (TPSA) is 76.2 Å². The van der Waals surface area contributed by atoms with E-state index in [9.17, 15) is 4.79 Å². The lowest BCUT2D eigenvalue weighted by molar-refractivity contribution is 0.0696. The zero-order valence-electron chi connectivity index (χ0n) is 8.27. The molecule has 1 heterocycles. The number of pyridine rings is 1. The number of carbonyl (C=O) groups is 1. The van der Waals surface area contributed by atoms with Crippen LogP contribution in [0.4, 0.5) is 0 Å². The lowest BCUT2D eigenvalue weighted by Gasteiger charge is -2.15. The number of hydrogen-bond donors (Lipinski definition) is 2. The fraction of sp³-hybridized carbons (Fsp3) is 0.400. The van der Waals surface area contributed by atoms with Crippen LogP contribution in [0, 0.1) is 5.92 Å².